The van der Waals surface area contributed by atoms with Crippen molar-refractivity contribution in [3.8, 4) is 5.75 Å². The number of aromatic amines is 1. The summed E-state index contributed by atoms with van der Waals surface area (Å²) in [5.41, 5.74) is 6.59. The van der Waals surface area contributed by atoms with Gasteiger partial charge in [0, 0.05) is 6.92 Å². The molecule has 0 aliphatic carbocycles. The van der Waals surface area contributed by atoms with Gasteiger partial charge < -0.3 is 14.6 Å². The molecule has 1 aliphatic heterocycles. The lowest BCUT2D eigenvalue weighted by atomic mass is 10.1. The number of nitrogens with one attached hydrogen (secondary N) is 1. The van der Waals surface area contributed by atoms with Crippen LogP contribution in [0.2, 0.25) is 0 Å². The van der Waals surface area contributed by atoms with E-state index in [4.69, 9.17) is 9.47 Å². The van der Waals surface area contributed by atoms with Crippen molar-refractivity contribution >= 4 is 0 Å². The maximum atomic E-state index is 10.2. The predicted octanol–water partition coefficient (Wildman–Crippen LogP) is 5.48. The zero-order valence-electron chi connectivity index (χ0n) is 17.4. The summed E-state index contributed by atoms with van der Waals surface area (Å²) in [7, 11) is 0. The van der Waals surface area contributed by atoms with Gasteiger partial charge in [0.1, 0.15) is 0 Å². The van der Waals surface area contributed by atoms with Crippen LogP contribution in [-0.4, -0.2) is 11.7 Å². The third kappa shape index (κ3) is 6.64. The largest absolute Gasteiger partial charge is 0.502 e. The zero-order valence-corrected chi connectivity index (χ0v) is 17.4. The van der Waals surface area contributed by atoms with Crippen LogP contribution in [0.4, 0.5) is 0 Å². The summed E-state index contributed by atoms with van der Waals surface area (Å²) in [5, 5.41) is 10.2. The highest BCUT2D eigenvalue weighted by Crippen LogP contribution is 2.37. The number of pyridine rings is 1. The SMILES string of the molecule is CC(C)=CCC/C(C)=C/CC/C(C)=C/COC1OCc2c[nH+]c(C)c(O)c21. The van der Waals surface area contributed by atoms with Crippen LogP contribution in [0, 0.1) is 6.92 Å². The minimum absolute atomic E-state index is 0.240. The summed E-state index contributed by atoms with van der Waals surface area (Å²) in [5.74, 6) is 0.240. The Morgan fingerprint density at radius 3 is 2.52 bits per heavy atom. The van der Waals surface area contributed by atoms with Crippen molar-refractivity contribution < 1.29 is 19.6 Å². The predicted molar refractivity (Wildman–Crippen MR) is 108 cm³/mol. The molecule has 0 bridgehead atoms. The molecule has 148 valence electrons. The number of fused-ring (bicyclic) bond motifs is 1. The van der Waals surface area contributed by atoms with Gasteiger partial charge in [-0.05, 0) is 53.4 Å². The van der Waals surface area contributed by atoms with Crippen molar-refractivity contribution in [2.45, 2.75) is 73.2 Å². The number of aryl methyl sites for hydroxylation is 1. The molecule has 4 heteroatoms. The van der Waals surface area contributed by atoms with Gasteiger partial charge in [0.05, 0.1) is 24.3 Å². The Kier molecular flexibility index (Phi) is 8.26. The van der Waals surface area contributed by atoms with E-state index in [-0.39, 0.29) is 5.75 Å². The average molecular weight is 373 g/mol. The Morgan fingerprint density at radius 2 is 1.81 bits per heavy atom. The summed E-state index contributed by atoms with van der Waals surface area (Å²) < 4.78 is 11.5. The second kappa shape index (κ2) is 10.4. The maximum absolute atomic E-state index is 10.2. The first kappa shape index (κ1) is 21.4. The van der Waals surface area contributed by atoms with Gasteiger partial charge in [-0.15, -0.1) is 0 Å². The van der Waals surface area contributed by atoms with E-state index >= 15 is 0 Å². The smallest absolute Gasteiger partial charge is 0.219 e. The molecule has 27 heavy (non-hydrogen) atoms. The van der Waals surface area contributed by atoms with Gasteiger partial charge in [-0.1, -0.05) is 34.9 Å². The Labute approximate surface area is 163 Å². The van der Waals surface area contributed by atoms with E-state index < -0.39 is 6.29 Å². The molecular weight excluding hydrogens is 338 g/mol. The van der Waals surface area contributed by atoms with Crippen LogP contribution in [0.3, 0.4) is 0 Å². The molecule has 1 aliphatic rings. The quantitative estimate of drug-likeness (QED) is 0.584. The lowest BCUT2D eigenvalue weighted by Crippen LogP contribution is -2.11. The van der Waals surface area contributed by atoms with Crippen LogP contribution >= 0.6 is 0 Å². The van der Waals surface area contributed by atoms with E-state index in [1.54, 1.807) is 0 Å². The highest BCUT2D eigenvalue weighted by atomic mass is 16.7. The van der Waals surface area contributed by atoms with Crippen molar-refractivity contribution in [2.24, 2.45) is 0 Å². The van der Waals surface area contributed by atoms with Gasteiger partial charge in [-0.2, -0.15) is 0 Å². The summed E-state index contributed by atoms with van der Waals surface area (Å²) in [4.78, 5) is 3.04. The first-order chi connectivity index (χ1) is 12.9. The summed E-state index contributed by atoms with van der Waals surface area (Å²) in [6, 6.07) is 0. The Morgan fingerprint density at radius 1 is 1.15 bits per heavy atom. The number of aromatic nitrogens is 1. The molecule has 0 spiro atoms. The van der Waals surface area contributed by atoms with Gasteiger partial charge in [-0.3, -0.25) is 0 Å². The second-order valence-electron chi connectivity index (χ2n) is 7.64. The minimum atomic E-state index is -0.491. The van der Waals surface area contributed by atoms with Crippen molar-refractivity contribution in [3.63, 3.8) is 0 Å². The lowest BCUT2D eigenvalue weighted by Gasteiger charge is -2.12. The van der Waals surface area contributed by atoms with E-state index in [2.05, 4.69) is 50.9 Å². The highest BCUT2D eigenvalue weighted by Gasteiger charge is 2.31. The molecule has 0 saturated carbocycles. The molecule has 1 aromatic rings. The Bertz CT molecular complexity index is 727. The molecule has 0 amide bonds. The average Bonchev–Trinajstić information content (AvgIpc) is 3.01. The van der Waals surface area contributed by atoms with Crippen LogP contribution in [0.1, 0.15) is 76.5 Å². The highest BCUT2D eigenvalue weighted by molar-refractivity contribution is 5.40. The van der Waals surface area contributed by atoms with Gasteiger partial charge in [0.2, 0.25) is 5.69 Å². The van der Waals surface area contributed by atoms with E-state index in [9.17, 15) is 5.11 Å². The van der Waals surface area contributed by atoms with Crippen molar-refractivity contribution in [2.75, 3.05) is 6.61 Å². The molecule has 1 unspecified atom stereocenters. The Balaban J connectivity index is 1.76. The molecule has 1 atom stereocenters. The van der Waals surface area contributed by atoms with Crippen LogP contribution in [-0.2, 0) is 16.1 Å². The molecular formula is C23H34NO3+. The molecule has 2 heterocycles. The molecule has 2 N–H and O–H groups in total. The first-order valence-electron chi connectivity index (χ1n) is 9.79. The van der Waals surface area contributed by atoms with Gasteiger partial charge >= 0.3 is 0 Å². The van der Waals surface area contributed by atoms with Crippen LogP contribution < -0.4 is 4.98 Å². The molecule has 0 saturated heterocycles. The fraction of sp³-hybridized carbons (Fsp3) is 0.522. The number of ether oxygens (including phenoxy) is 2. The second-order valence-corrected chi connectivity index (χ2v) is 7.64. The van der Waals surface area contributed by atoms with Crippen molar-refractivity contribution in [1.82, 2.24) is 0 Å². The lowest BCUT2D eigenvalue weighted by molar-refractivity contribution is -0.389. The van der Waals surface area contributed by atoms with Crippen molar-refractivity contribution in [3.05, 3.63) is 58.0 Å². The van der Waals surface area contributed by atoms with E-state index in [1.807, 2.05) is 13.1 Å². The topological polar surface area (TPSA) is 52.8 Å². The Hall–Kier alpha value is -1.91. The monoisotopic (exact) mass is 372 g/mol. The fourth-order valence-electron chi connectivity index (χ4n) is 3.07. The number of hydrogen-bond donors (Lipinski definition) is 1. The molecule has 0 aromatic carbocycles. The van der Waals surface area contributed by atoms with Crippen LogP contribution in [0.5, 0.6) is 5.75 Å². The first-order valence-corrected chi connectivity index (χ1v) is 9.79. The van der Waals surface area contributed by atoms with Crippen LogP contribution in [0.25, 0.3) is 0 Å². The minimum Gasteiger partial charge on any atom is -0.502 e. The molecule has 4 nitrogen and oxygen atoms in total. The maximum Gasteiger partial charge on any atom is 0.219 e. The standard InChI is InChI=1S/C23H33NO3/c1-16(2)8-6-9-17(3)10-7-11-18(4)12-13-26-23-21-20(15-27-23)14-24-19(5)22(21)25/h8,10,12,14,23,25H,6-7,9,11,13,15H2,1-5H3/p+1/b17-10+,18-12+. The van der Waals surface area contributed by atoms with E-state index in [0.29, 0.717) is 13.2 Å². The van der Waals surface area contributed by atoms with E-state index in [0.717, 1.165) is 42.5 Å². The number of rotatable bonds is 9. The molecule has 1 aromatic heterocycles. The number of H-pyrrole nitrogens is 1. The van der Waals surface area contributed by atoms with Gasteiger partial charge in [0.15, 0.2) is 18.2 Å². The number of aromatic hydroxyl groups is 1. The van der Waals surface area contributed by atoms with Crippen molar-refractivity contribution in [1.29, 1.82) is 0 Å². The van der Waals surface area contributed by atoms with Crippen LogP contribution in [0.15, 0.2) is 41.1 Å². The number of hydrogen-bond acceptors (Lipinski definition) is 3. The molecule has 0 fully saturated rings. The third-order valence-corrected chi connectivity index (χ3v) is 4.85. The molecule has 0 radical (unpaired) electrons. The van der Waals surface area contributed by atoms with E-state index in [1.165, 1.54) is 16.7 Å². The fourth-order valence-corrected chi connectivity index (χ4v) is 3.07. The zero-order chi connectivity index (χ0) is 19.8. The summed E-state index contributed by atoms with van der Waals surface area (Å²) in [6.45, 7) is 11.4. The summed E-state index contributed by atoms with van der Waals surface area (Å²) in [6.07, 6.45) is 12.5. The molecule has 2 rings (SSSR count). The number of allylic oxidation sites excluding steroid dienone is 5. The van der Waals surface area contributed by atoms with Gasteiger partial charge in [-0.25, -0.2) is 4.98 Å². The third-order valence-electron chi connectivity index (χ3n) is 4.85. The van der Waals surface area contributed by atoms with Gasteiger partial charge in [0.25, 0.3) is 0 Å². The normalized spacial score (nSPS) is 17.1. The summed E-state index contributed by atoms with van der Waals surface area (Å²) >= 11 is 0.